The van der Waals surface area contributed by atoms with Crippen molar-refractivity contribution in [3.8, 4) is 0 Å². The lowest BCUT2D eigenvalue weighted by molar-refractivity contribution is -0.164. The topological polar surface area (TPSA) is 46.5 Å². The minimum Gasteiger partial charge on any atom is -0.460 e. The molecule has 0 unspecified atom stereocenters. The molecule has 0 aromatic heterocycles. The molecule has 122 valence electrons. The van der Waals surface area contributed by atoms with Crippen LogP contribution in [0.4, 0.5) is 0 Å². The quantitative estimate of drug-likeness (QED) is 0.851. The van der Waals surface area contributed by atoms with Gasteiger partial charge in [-0.2, -0.15) is 0 Å². The van der Waals surface area contributed by atoms with E-state index in [0.29, 0.717) is 6.42 Å². The van der Waals surface area contributed by atoms with E-state index >= 15 is 0 Å². The third-order valence-electron chi connectivity index (χ3n) is 3.53. The van der Waals surface area contributed by atoms with Gasteiger partial charge in [-0.15, -0.1) is 0 Å². The van der Waals surface area contributed by atoms with Crippen LogP contribution in [0.1, 0.15) is 38.0 Å². The molecule has 3 heteroatoms. The highest BCUT2D eigenvalue weighted by molar-refractivity contribution is 5.74. The van der Waals surface area contributed by atoms with E-state index in [9.17, 15) is 9.90 Å². The van der Waals surface area contributed by atoms with Crippen molar-refractivity contribution in [2.75, 3.05) is 0 Å². The summed E-state index contributed by atoms with van der Waals surface area (Å²) in [7, 11) is 0. The van der Waals surface area contributed by atoms with Crippen molar-refractivity contribution < 1.29 is 14.6 Å². The van der Waals surface area contributed by atoms with E-state index in [1.54, 1.807) is 0 Å². The molecule has 0 saturated carbocycles. The first-order valence-corrected chi connectivity index (χ1v) is 7.86. The maximum absolute atomic E-state index is 12.6. The maximum Gasteiger partial charge on any atom is 0.312 e. The lowest BCUT2D eigenvalue weighted by atomic mass is 9.89. The molecule has 0 fully saturated rings. The standard InChI is InChI=1S/C20H24O3/c1-20(2,3)23-19(22)17(14-15-10-6-4-7-11-15)18(21)16-12-8-5-9-13-16/h4-13,17-18,21H,14H2,1-3H3/t17-,18+/m0/s1. The fraction of sp³-hybridized carbons (Fsp3) is 0.350. The molecular weight excluding hydrogens is 288 g/mol. The van der Waals surface area contributed by atoms with Gasteiger partial charge in [0.25, 0.3) is 0 Å². The third-order valence-corrected chi connectivity index (χ3v) is 3.53. The van der Waals surface area contributed by atoms with Crippen LogP contribution in [0.25, 0.3) is 0 Å². The molecule has 0 amide bonds. The van der Waals surface area contributed by atoms with Crippen molar-refractivity contribution in [2.45, 2.75) is 38.9 Å². The summed E-state index contributed by atoms with van der Waals surface area (Å²) < 4.78 is 5.52. The average Bonchev–Trinajstić information content (AvgIpc) is 2.52. The molecule has 0 aliphatic rings. The highest BCUT2D eigenvalue weighted by Crippen LogP contribution is 2.28. The number of esters is 1. The molecule has 0 bridgehead atoms. The third kappa shape index (κ3) is 5.22. The number of hydrogen-bond donors (Lipinski definition) is 1. The van der Waals surface area contributed by atoms with Crippen LogP contribution < -0.4 is 0 Å². The zero-order valence-corrected chi connectivity index (χ0v) is 13.9. The van der Waals surface area contributed by atoms with Crippen LogP contribution in [-0.2, 0) is 16.0 Å². The average molecular weight is 312 g/mol. The number of benzene rings is 2. The largest absolute Gasteiger partial charge is 0.460 e. The van der Waals surface area contributed by atoms with Crippen LogP contribution in [0.15, 0.2) is 60.7 Å². The second-order valence-electron chi connectivity index (χ2n) is 6.69. The Morgan fingerprint density at radius 2 is 1.52 bits per heavy atom. The summed E-state index contributed by atoms with van der Waals surface area (Å²) in [4.78, 5) is 12.6. The van der Waals surface area contributed by atoms with Crippen LogP contribution in [0.3, 0.4) is 0 Å². The van der Waals surface area contributed by atoms with Gasteiger partial charge in [-0.1, -0.05) is 60.7 Å². The Bertz CT molecular complexity index is 614. The van der Waals surface area contributed by atoms with Crippen molar-refractivity contribution in [1.82, 2.24) is 0 Å². The van der Waals surface area contributed by atoms with Gasteiger partial charge in [0.05, 0.1) is 12.0 Å². The Morgan fingerprint density at radius 3 is 2.04 bits per heavy atom. The zero-order valence-electron chi connectivity index (χ0n) is 13.9. The number of rotatable bonds is 5. The minimum absolute atomic E-state index is 0.377. The number of carbonyl (C=O) groups is 1. The Kier molecular flexibility index (Phi) is 5.56. The molecule has 0 saturated heterocycles. The summed E-state index contributed by atoms with van der Waals surface area (Å²) >= 11 is 0. The van der Waals surface area contributed by atoms with E-state index in [0.717, 1.165) is 11.1 Å². The second kappa shape index (κ2) is 7.42. The molecule has 0 heterocycles. The smallest absolute Gasteiger partial charge is 0.312 e. The van der Waals surface area contributed by atoms with Gasteiger partial charge in [0.15, 0.2) is 0 Å². The number of aliphatic hydroxyl groups excluding tert-OH is 1. The first kappa shape index (κ1) is 17.2. The monoisotopic (exact) mass is 312 g/mol. The van der Waals surface area contributed by atoms with Crippen LogP contribution in [0, 0.1) is 5.92 Å². The van der Waals surface area contributed by atoms with E-state index in [4.69, 9.17) is 4.74 Å². The Labute approximate surface area is 137 Å². The van der Waals surface area contributed by atoms with Crippen LogP contribution in [0.5, 0.6) is 0 Å². The van der Waals surface area contributed by atoms with Crippen molar-refractivity contribution in [3.05, 3.63) is 71.8 Å². The summed E-state index contributed by atoms with van der Waals surface area (Å²) in [6.45, 7) is 5.50. The predicted molar refractivity (Wildman–Crippen MR) is 90.9 cm³/mol. The Balaban J connectivity index is 2.25. The van der Waals surface area contributed by atoms with Gasteiger partial charge in [0.2, 0.25) is 0 Å². The fourth-order valence-corrected chi connectivity index (χ4v) is 2.45. The lowest BCUT2D eigenvalue weighted by Gasteiger charge is -2.27. The van der Waals surface area contributed by atoms with Gasteiger partial charge in [-0.05, 0) is 38.3 Å². The zero-order chi connectivity index (χ0) is 16.9. The lowest BCUT2D eigenvalue weighted by Crippen LogP contribution is -2.33. The van der Waals surface area contributed by atoms with Crippen molar-refractivity contribution in [1.29, 1.82) is 0 Å². The van der Waals surface area contributed by atoms with E-state index in [-0.39, 0.29) is 5.97 Å². The van der Waals surface area contributed by atoms with Gasteiger partial charge in [-0.3, -0.25) is 4.79 Å². The fourth-order valence-electron chi connectivity index (χ4n) is 2.45. The molecule has 2 aromatic rings. The van der Waals surface area contributed by atoms with E-state index in [1.807, 2.05) is 81.4 Å². The first-order chi connectivity index (χ1) is 10.9. The summed E-state index contributed by atoms with van der Waals surface area (Å²) in [5, 5.41) is 10.7. The van der Waals surface area contributed by atoms with Gasteiger partial charge in [0.1, 0.15) is 5.60 Å². The molecule has 2 aromatic carbocycles. The molecule has 0 radical (unpaired) electrons. The van der Waals surface area contributed by atoms with Crippen molar-refractivity contribution >= 4 is 5.97 Å². The molecule has 0 aliphatic heterocycles. The van der Waals surface area contributed by atoms with Gasteiger partial charge >= 0.3 is 5.97 Å². The second-order valence-corrected chi connectivity index (χ2v) is 6.69. The maximum atomic E-state index is 12.6. The number of carbonyl (C=O) groups excluding carboxylic acids is 1. The normalized spacial score (nSPS) is 14.1. The molecule has 2 rings (SSSR count). The van der Waals surface area contributed by atoms with E-state index < -0.39 is 17.6 Å². The molecule has 0 spiro atoms. The summed E-state index contributed by atoms with van der Waals surface area (Å²) in [5.41, 5.74) is 1.14. The SMILES string of the molecule is CC(C)(C)OC(=O)[C@@H](Cc1ccccc1)[C@H](O)c1ccccc1. The Hall–Kier alpha value is -2.13. The predicted octanol–water partition coefficient (Wildman–Crippen LogP) is 3.92. The molecule has 2 atom stereocenters. The van der Waals surface area contributed by atoms with Crippen LogP contribution in [0.2, 0.25) is 0 Å². The van der Waals surface area contributed by atoms with Gasteiger partial charge < -0.3 is 9.84 Å². The molecule has 0 aliphatic carbocycles. The van der Waals surface area contributed by atoms with Crippen LogP contribution >= 0.6 is 0 Å². The van der Waals surface area contributed by atoms with E-state index in [1.165, 1.54) is 0 Å². The highest BCUT2D eigenvalue weighted by atomic mass is 16.6. The highest BCUT2D eigenvalue weighted by Gasteiger charge is 2.32. The molecular formula is C20H24O3. The van der Waals surface area contributed by atoms with Crippen molar-refractivity contribution in [3.63, 3.8) is 0 Å². The summed E-state index contributed by atoms with van der Waals surface area (Å²) in [6, 6.07) is 18.9. The van der Waals surface area contributed by atoms with Crippen molar-refractivity contribution in [2.24, 2.45) is 5.92 Å². The summed E-state index contributed by atoms with van der Waals surface area (Å²) in [5.74, 6) is -1.02. The van der Waals surface area contributed by atoms with E-state index in [2.05, 4.69) is 0 Å². The van der Waals surface area contributed by atoms with Gasteiger partial charge in [-0.25, -0.2) is 0 Å². The molecule has 3 nitrogen and oxygen atoms in total. The summed E-state index contributed by atoms with van der Waals surface area (Å²) in [6.07, 6.45) is -0.461. The number of hydrogen-bond acceptors (Lipinski definition) is 3. The molecule has 23 heavy (non-hydrogen) atoms. The van der Waals surface area contributed by atoms with Crippen LogP contribution in [-0.4, -0.2) is 16.7 Å². The molecule has 1 N–H and O–H groups in total. The van der Waals surface area contributed by atoms with Gasteiger partial charge in [0, 0.05) is 0 Å². The number of aliphatic hydroxyl groups is 1. The minimum atomic E-state index is -0.897. The first-order valence-electron chi connectivity index (χ1n) is 7.86. The number of ether oxygens (including phenoxy) is 1. The Morgan fingerprint density at radius 1 is 1.00 bits per heavy atom.